The van der Waals surface area contributed by atoms with E-state index in [0.717, 1.165) is 24.3 Å². The third kappa shape index (κ3) is 2.79. The van der Waals surface area contributed by atoms with Crippen molar-refractivity contribution in [3.05, 3.63) is 17.7 Å². The number of aromatic carboxylic acids is 1. The fraction of sp³-hybridized carbons (Fsp3) is 0.500. The lowest BCUT2D eigenvalue weighted by molar-refractivity contribution is 0.0684. The molecule has 1 atom stereocenters. The summed E-state index contributed by atoms with van der Waals surface area (Å²) >= 11 is 1.79. The Kier molecular flexibility index (Phi) is 3.68. The van der Waals surface area contributed by atoms with Crippen LogP contribution in [0.4, 0.5) is 0 Å². The Morgan fingerprint density at radius 2 is 2.41 bits per heavy atom. The van der Waals surface area contributed by atoms with Crippen molar-refractivity contribution in [3.8, 4) is 0 Å². The highest BCUT2D eigenvalue weighted by Gasteiger charge is 2.23. The van der Waals surface area contributed by atoms with Gasteiger partial charge in [0.1, 0.15) is 0 Å². The van der Waals surface area contributed by atoms with Crippen LogP contribution < -0.4 is 5.32 Å². The molecule has 92 valence electrons. The molecule has 1 aromatic rings. The Bertz CT molecular complexity index is 426. The zero-order valence-electron chi connectivity index (χ0n) is 9.10. The van der Waals surface area contributed by atoms with E-state index < -0.39 is 11.9 Å². The highest BCUT2D eigenvalue weighted by Crippen LogP contribution is 2.17. The number of imidazole rings is 1. The molecule has 0 aliphatic carbocycles. The second-order valence-electron chi connectivity index (χ2n) is 3.82. The molecule has 1 fully saturated rings. The lowest BCUT2D eigenvalue weighted by Gasteiger charge is -2.22. The number of nitrogens with zero attached hydrogens (tertiary/aromatic N) is 1. The molecule has 0 bridgehead atoms. The number of aromatic amines is 1. The molecule has 3 N–H and O–H groups in total. The van der Waals surface area contributed by atoms with Crippen LogP contribution in [-0.2, 0) is 0 Å². The van der Waals surface area contributed by atoms with Crippen molar-refractivity contribution in [2.75, 3.05) is 11.5 Å². The van der Waals surface area contributed by atoms with Crippen LogP contribution in [0.15, 0.2) is 6.33 Å². The second kappa shape index (κ2) is 5.22. The molecule has 0 spiro atoms. The highest BCUT2D eigenvalue weighted by molar-refractivity contribution is 7.99. The van der Waals surface area contributed by atoms with Crippen molar-refractivity contribution in [2.24, 2.45) is 0 Å². The predicted molar refractivity (Wildman–Crippen MR) is 63.4 cm³/mol. The number of hydrogen-bond donors (Lipinski definition) is 3. The van der Waals surface area contributed by atoms with Crippen LogP contribution >= 0.6 is 11.8 Å². The van der Waals surface area contributed by atoms with Crippen LogP contribution in [0.2, 0.25) is 0 Å². The van der Waals surface area contributed by atoms with Gasteiger partial charge < -0.3 is 15.4 Å². The maximum Gasteiger partial charge on any atom is 0.354 e. The van der Waals surface area contributed by atoms with Gasteiger partial charge >= 0.3 is 5.97 Å². The minimum atomic E-state index is -1.18. The number of thioether (sulfide) groups is 1. The van der Waals surface area contributed by atoms with E-state index in [9.17, 15) is 9.59 Å². The van der Waals surface area contributed by atoms with E-state index in [0.29, 0.717) is 0 Å². The molecular formula is C10H13N3O3S. The number of nitrogens with one attached hydrogen (secondary N) is 2. The molecule has 6 nitrogen and oxygen atoms in total. The molecule has 0 radical (unpaired) electrons. The van der Waals surface area contributed by atoms with Crippen LogP contribution in [0.3, 0.4) is 0 Å². The van der Waals surface area contributed by atoms with Gasteiger partial charge in [-0.15, -0.1) is 0 Å². The molecule has 0 aromatic carbocycles. The maximum atomic E-state index is 11.8. The van der Waals surface area contributed by atoms with Crippen molar-refractivity contribution in [2.45, 2.75) is 18.9 Å². The molecule has 0 saturated carbocycles. The first-order valence-electron chi connectivity index (χ1n) is 5.33. The van der Waals surface area contributed by atoms with Gasteiger partial charge in [0.25, 0.3) is 5.91 Å². The summed E-state index contributed by atoms with van der Waals surface area (Å²) in [4.78, 5) is 28.9. The molecule has 1 amide bonds. The van der Waals surface area contributed by atoms with Crippen LogP contribution in [0.5, 0.6) is 0 Å². The van der Waals surface area contributed by atoms with Crippen molar-refractivity contribution < 1.29 is 14.7 Å². The van der Waals surface area contributed by atoms with Gasteiger partial charge in [-0.1, -0.05) is 0 Å². The Morgan fingerprint density at radius 1 is 1.59 bits per heavy atom. The summed E-state index contributed by atoms with van der Waals surface area (Å²) in [7, 11) is 0. The van der Waals surface area contributed by atoms with Crippen LogP contribution in [0.1, 0.15) is 33.8 Å². The van der Waals surface area contributed by atoms with Crippen LogP contribution in [0.25, 0.3) is 0 Å². The standard InChI is InChI=1S/C10H13N3O3S/c14-9(13-6-2-1-3-17-4-6)7-8(10(15)16)12-5-11-7/h5-6H,1-4H2,(H,11,12)(H,13,14)(H,15,16). The Balaban J connectivity index is 2.03. The van der Waals surface area contributed by atoms with E-state index in [1.54, 1.807) is 11.8 Å². The van der Waals surface area contributed by atoms with E-state index in [1.807, 2.05) is 0 Å². The quantitative estimate of drug-likeness (QED) is 0.740. The average Bonchev–Trinajstić information content (AvgIpc) is 2.79. The molecule has 1 aromatic heterocycles. The first kappa shape index (κ1) is 12.0. The topological polar surface area (TPSA) is 95.1 Å². The van der Waals surface area contributed by atoms with E-state index >= 15 is 0 Å². The summed E-state index contributed by atoms with van der Waals surface area (Å²) in [6.45, 7) is 0. The number of carbonyl (C=O) groups excluding carboxylic acids is 1. The van der Waals surface area contributed by atoms with E-state index in [4.69, 9.17) is 5.11 Å². The minimum absolute atomic E-state index is 0.0481. The van der Waals surface area contributed by atoms with E-state index in [2.05, 4.69) is 15.3 Å². The summed E-state index contributed by atoms with van der Waals surface area (Å²) in [5.41, 5.74) is -0.209. The zero-order chi connectivity index (χ0) is 12.3. The number of aromatic nitrogens is 2. The Labute approximate surface area is 102 Å². The van der Waals surface area contributed by atoms with Crippen molar-refractivity contribution in [1.82, 2.24) is 15.3 Å². The molecule has 2 rings (SSSR count). The number of carbonyl (C=O) groups is 2. The largest absolute Gasteiger partial charge is 0.477 e. The molecule has 1 aliphatic rings. The summed E-state index contributed by atoms with van der Waals surface area (Å²) < 4.78 is 0. The first-order valence-corrected chi connectivity index (χ1v) is 6.49. The smallest absolute Gasteiger partial charge is 0.354 e. The fourth-order valence-electron chi connectivity index (χ4n) is 1.74. The number of rotatable bonds is 3. The molecule has 2 heterocycles. The summed E-state index contributed by atoms with van der Waals surface area (Å²) in [5, 5.41) is 11.7. The predicted octanol–water partition coefficient (Wildman–Crippen LogP) is 0.733. The SMILES string of the molecule is O=C(NC1CCCSC1)c1nc[nH]c1C(=O)O. The molecule has 17 heavy (non-hydrogen) atoms. The van der Waals surface area contributed by atoms with Gasteiger partial charge in [0.2, 0.25) is 0 Å². The van der Waals surface area contributed by atoms with Crippen LogP contribution in [0, 0.1) is 0 Å². The van der Waals surface area contributed by atoms with Gasteiger partial charge in [0.15, 0.2) is 11.4 Å². The van der Waals surface area contributed by atoms with Gasteiger partial charge in [-0.2, -0.15) is 11.8 Å². The Morgan fingerprint density at radius 3 is 3.06 bits per heavy atom. The van der Waals surface area contributed by atoms with Gasteiger partial charge in [0, 0.05) is 11.8 Å². The average molecular weight is 255 g/mol. The molecular weight excluding hydrogens is 242 g/mol. The third-order valence-electron chi connectivity index (χ3n) is 2.56. The second-order valence-corrected chi connectivity index (χ2v) is 4.97. The minimum Gasteiger partial charge on any atom is -0.477 e. The summed E-state index contributed by atoms with van der Waals surface area (Å²) in [6.07, 6.45) is 3.22. The van der Waals surface area contributed by atoms with Crippen molar-refractivity contribution >= 4 is 23.6 Å². The summed E-state index contributed by atoms with van der Waals surface area (Å²) in [6, 6.07) is 0.111. The monoisotopic (exact) mass is 255 g/mol. The third-order valence-corrected chi connectivity index (χ3v) is 3.78. The zero-order valence-corrected chi connectivity index (χ0v) is 9.92. The van der Waals surface area contributed by atoms with E-state index in [-0.39, 0.29) is 17.4 Å². The molecule has 1 unspecified atom stereocenters. The lowest BCUT2D eigenvalue weighted by Crippen LogP contribution is -2.39. The van der Waals surface area contributed by atoms with Crippen molar-refractivity contribution in [1.29, 1.82) is 0 Å². The van der Waals surface area contributed by atoms with Crippen LogP contribution in [-0.4, -0.2) is 44.5 Å². The van der Waals surface area contributed by atoms with Gasteiger partial charge in [-0.25, -0.2) is 9.78 Å². The Hall–Kier alpha value is -1.50. The highest BCUT2D eigenvalue weighted by atomic mass is 32.2. The van der Waals surface area contributed by atoms with Gasteiger partial charge in [0.05, 0.1) is 6.33 Å². The normalized spacial score (nSPS) is 19.9. The number of carboxylic acid groups (broad SMARTS) is 1. The number of H-pyrrole nitrogens is 1. The lowest BCUT2D eigenvalue weighted by atomic mass is 10.2. The fourth-order valence-corrected chi connectivity index (χ4v) is 2.81. The maximum absolute atomic E-state index is 11.8. The summed E-state index contributed by atoms with van der Waals surface area (Å²) in [5.74, 6) is 0.398. The molecule has 7 heteroatoms. The van der Waals surface area contributed by atoms with E-state index in [1.165, 1.54) is 6.33 Å². The van der Waals surface area contributed by atoms with Crippen molar-refractivity contribution in [3.63, 3.8) is 0 Å². The van der Waals surface area contributed by atoms with Gasteiger partial charge in [-0.05, 0) is 18.6 Å². The first-order chi connectivity index (χ1) is 8.18. The molecule has 1 saturated heterocycles. The number of amides is 1. The number of hydrogen-bond acceptors (Lipinski definition) is 4. The number of carboxylic acids is 1. The van der Waals surface area contributed by atoms with Gasteiger partial charge in [-0.3, -0.25) is 4.79 Å². The molecule has 1 aliphatic heterocycles.